The summed E-state index contributed by atoms with van der Waals surface area (Å²) >= 11 is 0. The lowest BCUT2D eigenvalue weighted by atomic mass is 10.3. The largest absolute Gasteiger partial charge is 0.494 e. The van der Waals surface area contributed by atoms with Gasteiger partial charge in [-0.2, -0.15) is 13.2 Å². The van der Waals surface area contributed by atoms with Crippen LogP contribution in [0.5, 0.6) is 5.75 Å². The standard InChI is InChI=1S/C9H10F3NO/c1-3-14-7-4-6(2)13-8(5-7)9(10,11)12/h4-5H,3H2,1-2H3. The van der Waals surface area contributed by atoms with E-state index in [9.17, 15) is 13.2 Å². The second-order valence-electron chi connectivity index (χ2n) is 2.76. The Bertz CT molecular complexity index is 322. The summed E-state index contributed by atoms with van der Waals surface area (Å²) in [6, 6.07) is 2.37. The molecule has 0 amide bonds. The van der Waals surface area contributed by atoms with E-state index in [0.29, 0.717) is 12.3 Å². The van der Waals surface area contributed by atoms with E-state index in [4.69, 9.17) is 4.74 Å². The maximum absolute atomic E-state index is 12.3. The van der Waals surface area contributed by atoms with Gasteiger partial charge in [-0.3, -0.25) is 0 Å². The number of halogens is 3. The molecule has 0 bridgehead atoms. The third-order valence-corrected chi connectivity index (χ3v) is 1.53. The van der Waals surface area contributed by atoms with Crippen LogP contribution >= 0.6 is 0 Å². The van der Waals surface area contributed by atoms with Crippen molar-refractivity contribution >= 4 is 0 Å². The number of aryl methyl sites for hydroxylation is 1. The monoisotopic (exact) mass is 205 g/mol. The van der Waals surface area contributed by atoms with Gasteiger partial charge < -0.3 is 4.74 Å². The van der Waals surface area contributed by atoms with Gasteiger partial charge in [0, 0.05) is 17.8 Å². The molecule has 1 rings (SSSR count). The zero-order valence-corrected chi connectivity index (χ0v) is 7.85. The lowest BCUT2D eigenvalue weighted by molar-refractivity contribution is -0.141. The molecule has 0 radical (unpaired) electrons. The summed E-state index contributed by atoms with van der Waals surface area (Å²) in [7, 11) is 0. The average Bonchev–Trinajstić information content (AvgIpc) is 2.02. The van der Waals surface area contributed by atoms with Crippen LogP contribution in [0.25, 0.3) is 0 Å². The first-order valence-corrected chi connectivity index (χ1v) is 4.12. The van der Waals surface area contributed by atoms with Gasteiger partial charge in [0.05, 0.1) is 6.61 Å². The topological polar surface area (TPSA) is 22.1 Å². The smallest absolute Gasteiger partial charge is 0.433 e. The molecule has 5 heteroatoms. The van der Waals surface area contributed by atoms with Crippen LogP contribution in [0.15, 0.2) is 12.1 Å². The molecule has 0 saturated heterocycles. The van der Waals surface area contributed by atoms with Crippen molar-refractivity contribution in [2.75, 3.05) is 6.61 Å². The third-order valence-electron chi connectivity index (χ3n) is 1.53. The third kappa shape index (κ3) is 2.61. The number of ether oxygens (including phenoxy) is 1. The van der Waals surface area contributed by atoms with Crippen LogP contribution in [0.2, 0.25) is 0 Å². The summed E-state index contributed by atoms with van der Waals surface area (Å²) < 4.78 is 41.8. The summed E-state index contributed by atoms with van der Waals surface area (Å²) in [5, 5.41) is 0. The van der Waals surface area contributed by atoms with Gasteiger partial charge >= 0.3 is 6.18 Å². The van der Waals surface area contributed by atoms with Gasteiger partial charge in [-0.25, -0.2) is 4.98 Å². The van der Waals surface area contributed by atoms with Gasteiger partial charge in [0.15, 0.2) is 0 Å². The first-order valence-electron chi connectivity index (χ1n) is 4.12. The zero-order chi connectivity index (χ0) is 10.8. The Kier molecular flexibility index (Phi) is 2.98. The van der Waals surface area contributed by atoms with Crippen molar-refractivity contribution in [3.63, 3.8) is 0 Å². The maximum Gasteiger partial charge on any atom is 0.433 e. The predicted molar refractivity (Wildman–Crippen MR) is 45.1 cm³/mol. The number of aromatic nitrogens is 1. The molecule has 2 nitrogen and oxygen atoms in total. The van der Waals surface area contributed by atoms with Crippen molar-refractivity contribution in [2.24, 2.45) is 0 Å². The van der Waals surface area contributed by atoms with Gasteiger partial charge in [-0.05, 0) is 13.8 Å². The molecule has 0 aliphatic carbocycles. The summed E-state index contributed by atoms with van der Waals surface area (Å²) in [6.07, 6.45) is -4.42. The Morgan fingerprint density at radius 3 is 2.50 bits per heavy atom. The average molecular weight is 205 g/mol. The number of nitrogens with zero attached hydrogens (tertiary/aromatic N) is 1. The first kappa shape index (κ1) is 10.8. The Labute approximate surface area is 79.7 Å². The van der Waals surface area contributed by atoms with E-state index >= 15 is 0 Å². The molecule has 1 aromatic heterocycles. The van der Waals surface area contributed by atoms with Crippen LogP contribution in [-0.4, -0.2) is 11.6 Å². The summed E-state index contributed by atoms with van der Waals surface area (Å²) in [6.45, 7) is 3.54. The molecular formula is C9H10F3NO. The molecule has 0 aliphatic heterocycles. The van der Waals surface area contributed by atoms with E-state index in [1.54, 1.807) is 6.92 Å². The second-order valence-corrected chi connectivity index (χ2v) is 2.76. The molecule has 14 heavy (non-hydrogen) atoms. The van der Waals surface area contributed by atoms with Crippen LogP contribution in [0.4, 0.5) is 13.2 Å². The maximum atomic E-state index is 12.3. The van der Waals surface area contributed by atoms with E-state index in [1.807, 2.05) is 0 Å². The van der Waals surface area contributed by atoms with Gasteiger partial charge in [0.1, 0.15) is 11.4 Å². The van der Waals surface area contributed by atoms with Crippen LogP contribution in [0.3, 0.4) is 0 Å². The lowest BCUT2D eigenvalue weighted by Gasteiger charge is -2.09. The highest BCUT2D eigenvalue weighted by Crippen LogP contribution is 2.30. The molecule has 0 aromatic carbocycles. The van der Waals surface area contributed by atoms with Gasteiger partial charge in [0.25, 0.3) is 0 Å². The molecule has 0 aliphatic rings. The van der Waals surface area contributed by atoms with Gasteiger partial charge in [-0.1, -0.05) is 0 Å². The van der Waals surface area contributed by atoms with Crippen molar-refractivity contribution in [2.45, 2.75) is 20.0 Å². The van der Waals surface area contributed by atoms with Crippen molar-refractivity contribution in [1.82, 2.24) is 4.98 Å². The Morgan fingerprint density at radius 2 is 2.00 bits per heavy atom. The van der Waals surface area contributed by atoms with Crippen molar-refractivity contribution in [3.8, 4) is 5.75 Å². The fraction of sp³-hybridized carbons (Fsp3) is 0.444. The molecule has 0 spiro atoms. The number of alkyl halides is 3. The van der Waals surface area contributed by atoms with Gasteiger partial charge in [0.2, 0.25) is 0 Å². The summed E-state index contributed by atoms with van der Waals surface area (Å²) in [5.41, 5.74) is -0.621. The zero-order valence-electron chi connectivity index (χ0n) is 7.85. The highest BCUT2D eigenvalue weighted by atomic mass is 19.4. The van der Waals surface area contributed by atoms with E-state index < -0.39 is 11.9 Å². The summed E-state index contributed by atoms with van der Waals surface area (Å²) in [5.74, 6) is 0.201. The van der Waals surface area contributed by atoms with Crippen LogP contribution in [0.1, 0.15) is 18.3 Å². The minimum Gasteiger partial charge on any atom is -0.494 e. The fourth-order valence-electron chi connectivity index (χ4n) is 1.03. The fourth-order valence-corrected chi connectivity index (χ4v) is 1.03. The predicted octanol–water partition coefficient (Wildman–Crippen LogP) is 2.81. The molecule has 1 aromatic rings. The van der Waals surface area contributed by atoms with Crippen molar-refractivity contribution in [1.29, 1.82) is 0 Å². The normalized spacial score (nSPS) is 11.5. The lowest BCUT2D eigenvalue weighted by Crippen LogP contribution is -2.09. The van der Waals surface area contributed by atoms with E-state index in [-0.39, 0.29) is 5.75 Å². The molecule has 0 saturated carbocycles. The number of hydrogen-bond acceptors (Lipinski definition) is 2. The quantitative estimate of drug-likeness (QED) is 0.740. The number of pyridine rings is 1. The first-order chi connectivity index (χ1) is 6.43. The van der Waals surface area contributed by atoms with E-state index in [0.717, 1.165) is 6.07 Å². The molecule has 0 N–H and O–H groups in total. The Hall–Kier alpha value is -1.26. The van der Waals surface area contributed by atoms with Crippen LogP contribution in [0, 0.1) is 6.92 Å². The molecule has 0 atom stereocenters. The molecule has 1 heterocycles. The van der Waals surface area contributed by atoms with E-state index in [1.165, 1.54) is 13.0 Å². The molecular weight excluding hydrogens is 195 g/mol. The highest BCUT2D eigenvalue weighted by molar-refractivity contribution is 5.28. The molecule has 0 unspecified atom stereocenters. The molecule has 78 valence electrons. The van der Waals surface area contributed by atoms with Crippen molar-refractivity contribution in [3.05, 3.63) is 23.5 Å². The summed E-state index contributed by atoms with van der Waals surface area (Å²) in [4.78, 5) is 3.38. The second kappa shape index (κ2) is 3.86. The van der Waals surface area contributed by atoms with Crippen LogP contribution < -0.4 is 4.74 Å². The Morgan fingerprint density at radius 1 is 1.36 bits per heavy atom. The van der Waals surface area contributed by atoms with E-state index in [2.05, 4.69) is 4.98 Å². The highest BCUT2D eigenvalue weighted by Gasteiger charge is 2.33. The molecule has 0 fully saturated rings. The van der Waals surface area contributed by atoms with Crippen molar-refractivity contribution < 1.29 is 17.9 Å². The van der Waals surface area contributed by atoms with Crippen LogP contribution in [-0.2, 0) is 6.18 Å². The Balaban J connectivity index is 3.07. The number of hydrogen-bond donors (Lipinski definition) is 0. The SMILES string of the molecule is CCOc1cc(C)nc(C(F)(F)F)c1. The van der Waals surface area contributed by atoms with Gasteiger partial charge in [-0.15, -0.1) is 0 Å². The minimum absolute atomic E-state index is 0.201. The number of rotatable bonds is 2. The minimum atomic E-state index is -4.42.